The number of amides is 1. The maximum absolute atomic E-state index is 11.6. The zero-order valence-corrected chi connectivity index (χ0v) is 17.1. The molecule has 0 unspecified atom stereocenters. The van der Waals surface area contributed by atoms with Gasteiger partial charge in [0.05, 0.1) is 27.4 Å². The van der Waals surface area contributed by atoms with Gasteiger partial charge in [-0.1, -0.05) is 25.0 Å². The van der Waals surface area contributed by atoms with E-state index in [1.54, 1.807) is 14.2 Å². The number of nitrogens with one attached hydrogen (secondary N) is 1. The van der Waals surface area contributed by atoms with Crippen molar-refractivity contribution in [2.24, 2.45) is 0 Å². The van der Waals surface area contributed by atoms with Crippen LogP contribution in [0, 0.1) is 0 Å². The molecule has 154 valence electrons. The van der Waals surface area contributed by atoms with Gasteiger partial charge in [-0.25, -0.2) is 4.79 Å². The lowest BCUT2D eigenvalue weighted by Crippen LogP contribution is -2.34. The SMILES string of the molecule is COC(=O)Nc1cccc([C@@H]2O[C@@H]3CCCC[C@H]3c3c(OC)ccc(OC)c32)c1. The Morgan fingerprint density at radius 2 is 1.72 bits per heavy atom. The van der Waals surface area contributed by atoms with Crippen LogP contribution in [0.5, 0.6) is 11.5 Å². The number of carbonyl (C=O) groups excluding carboxylic acids is 1. The fraction of sp³-hybridized carbons (Fsp3) is 0.435. The van der Waals surface area contributed by atoms with Gasteiger partial charge in [-0.2, -0.15) is 0 Å². The van der Waals surface area contributed by atoms with Gasteiger partial charge in [-0.15, -0.1) is 0 Å². The number of ether oxygens (including phenoxy) is 4. The molecule has 6 heteroatoms. The van der Waals surface area contributed by atoms with E-state index in [0.717, 1.165) is 35.5 Å². The number of anilines is 1. The van der Waals surface area contributed by atoms with Gasteiger partial charge < -0.3 is 18.9 Å². The van der Waals surface area contributed by atoms with Gasteiger partial charge >= 0.3 is 6.09 Å². The molecule has 0 spiro atoms. The summed E-state index contributed by atoms with van der Waals surface area (Å²) in [5, 5.41) is 2.73. The van der Waals surface area contributed by atoms with E-state index in [0.29, 0.717) is 11.6 Å². The molecule has 2 aromatic carbocycles. The van der Waals surface area contributed by atoms with Crippen LogP contribution in [0.2, 0.25) is 0 Å². The van der Waals surface area contributed by atoms with E-state index < -0.39 is 6.09 Å². The third kappa shape index (κ3) is 3.65. The minimum absolute atomic E-state index is 0.138. The molecule has 1 aliphatic heterocycles. The molecule has 29 heavy (non-hydrogen) atoms. The first-order chi connectivity index (χ1) is 14.2. The van der Waals surface area contributed by atoms with E-state index in [9.17, 15) is 4.79 Å². The third-order valence-electron chi connectivity index (χ3n) is 5.91. The number of hydrogen-bond donors (Lipinski definition) is 1. The van der Waals surface area contributed by atoms with Crippen molar-refractivity contribution in [2.75, 3.05) is 26.6 Å². The summed E-state index contributed by atoms with van der Waals surface area (Å²) in [6.45, 7) is 0. The summed E-state index contributed by atoms with van der Waals surface area (Å²) < 4.78 is 22.8. The van der Waals surface area contributed by atoms with E-state index in [2.05, 4.69) is 5.32 Å². The molecule has 0 aromatic heterocycles. The number of rotatable bonds is 4. The normalized spacial score (nSPS) is 22.8. The van der Waals surface area contributed by atoms with Crippen LogP contribution in [0.25, 0.3) is 0 Å². The zero-order chi connectivity index (χ0) is 20.4. The summed E-state index contributed by atoms with van der Waals surface area (Å²) in [5.74, 6) is 1.98. The minimum Gasteiger partial charge on any atom is -0.496 e. The summed E-state index contributed by atoms with van der Waals surface area (Å²) in [7, 11) is 4.74. The maximum Gasteiger partial charge on any atom is 0.411 e. The molecule has 1 fully saturated rings. The second-order valence-electron chi connectivity index (χ2n) is 7.49. The molecular weight excluding hydrogens is 370 g/mol. The summed E-state index contributed by atoms with van der Waals surface area (Å²) in [6, 6.07) is 11.6. The highest BCUT2D eigenvalue weighted by atomic mass is 16.5. The van der Waals surface area contributed by atoms with E-state index >= 15 is 0 Å². The summed E-state index contributed by atoms with van der Waals surface area (Å²) in [6.07, 6.45) is 3.80. The predicted octanol–water partition coefficient (Wildman–Crippen LogP) is 5.03. The summed E-state index contributed by atoms with van der Waals surface area (Å²) in [5.41, 5.74) is 3.83. The average molecular weight is 397 g/mol. The number of hydrogen-bond acceptors (Lipinski definition) is 5. The largest absolute Gasteiger partial charge is 0.496 e. The van der Waals surface area contributed by atoms with Gasteiger partial charge in [0, 0.05) is 22.7 Å². The molecule has 1 amide bonds. The van der Waals surface area contributed by atoms with Crippen molar-refractivity contribution in [1.29, 1.82) is 0 Å². The Morgan fingerprint density at radius 3 is 2.45 bits per heavy atom. The number of benzene rings is 2. The van der Waals surface area contributed by atoms with Crippen LogP contribution in [-0.2, 0) is 9.47 Å². The van der Waals surface area contributed by atoms with Crippen LogP contribution in [0.3, 0.4) is 0 Å². The van der Waals surface area contributed by atoms with Crippen molar-refractivity contribution in [3.63, 3.8) is 0 Å². The molecule has 2 aromatic rings. The van der Waals surface area contributed by atoms with Crippen molar-refractivity contribution in [2.45, 2.75) is 43.8 Å². The van der Waals surface area contributed by atoms with Crippen molar-refractivity contribution in [3.8, 4) is 11.5 Å². The van der Waals surface area contributed by atoms with Gasteiger partial charge in [-0.05, 0) is 42.7 Å². The molecule has 1 saturated carbocycles. The van der Waals surface area contributed by atoms with Crippen molar-refractivity contribution in [1.82, 2.24) is 0 Å². The van der Waals surface area contributed by atoms with Crippen LogP contribution in [0.4, 0.5) is 10.5 Å². The lowest BCUT2D eigenvalue weighted by Gasteiger charge is -2.42. The minimum atomic E-state index is -0.501. The van der Waals surface area contributed by atoms with Crippen molar-refractivity contribution in [3.05, 3.63) is 53.1 Å². The fourth-order valence-electron chi connectivity index (χ4n) is 4.63. The quantitative estimate of drug-likeness (QED) is 0.784. The third-order valence-corrected chi connectivity index (χ3v) is 5.91. The average Bonchev–Trinajstić information content (AvgIpc) is 2.77. The van der Waals surface area contributed by atoms with Gasteiger partial charge in [0.2, 0.25) is 0 Å². The summed E-state index contributed by atoms with van der Waals surface area (Å²) in [4.78, 5) is 11.6. The molecule has 1 N–H and O–H groups in total. The van der Waals surface area contributed by atoms with E-state index in [-0.39, 0.29) is 12.2 Å². The first-order valence-electron chi connectivity index (χ1n) is 10.0. The molecule has 2 aliphatic rings. The van der Waals surface area contributed by atoms with E-state index in [4.69, 9.17) is 18.9 Å². The zero-order valence-electron chi connectivity index (χ0n) is 17.1. The number of methoxy groups -OCH3 is 3. The first-order valence-corrected chi connectivity index (χ1v) is 10.0. The molecule has 0 saturated heterocycles. The van der Waals surface area contributed by atoms with E-state index in [1.165, 1.54) is 25.5 Å². The lowest BCUT2D eigenvalue weighted by atomic mass is 9.75. The Morgan fingerprint density at radius 1 is 1.00 bits per heavy atom. The van der Waals surface area contributed by atoms with Crippen LogP contribution < -0.4 is 14.8 Å². The Kier molecular flexibility index (Phi) is 5.62. The second-order valence-corrected chi connectivity index (χ2v) is 7.49. The van der Waals surface area contributed by atoms with Gasteiger partial charge in [0.1, 0.15) is 17.6 Å². The topological polar surface area (TPSA) is 66.0 Å². The van der Waals surface area contributed by atoms with Gasteiger partial charge in [0.25, 0.3) is 0 Å². The molecule has 0 radical (unpaired) electrons. The highest BCUT2D eigenvalue weighted by Gasteiger charge is 2.41. The molecule has 6 nitrogen and oxygen atoms in total. The standard InChI is InChI=1S/C23H27NO5/c1-26-18-11-12-19(27-2)21-20(18)16-9-4-5-10-17(16)29-22(21)14-7-6-8-15(13-14)24-23(25)28-3/h6-8,11-13,16-17,22H,4-5,9-10H2,1-3H3,(H,24,25)/t16-,17-,22+/m1/s1. The van der Waals surface area contributed by atoms with Crippen LogP contribution >= 0.6 is 0 Å². The molecule has 1 heterocycles. The Labute approximate surface area is 171 Å². The molecule has 1 aliphatic carbocycles. The highest BCUT2D eigenvalue weighted by molar-refractivity contribution is 5.84. The Hall–Kier alpha value is -2.73. The van der Waals surface area contributed by atoms with Crippen LogP contribution in [0.1, 0.15) is 54.4 Å². The van der Waals surface area contributed by atoms with Crippen molar-refractivity contribution < 1.29 is 23.7 Å². The number of carbonyl (C=O) groups is 1. The molecule has 4 rings (SSSR count). The number of fused-ring (bicyclic) bond motifs is 3. The van der Waals surface area contributed by atoms with Crippen molar-refractivity contribution >= 4 is 11.8 Å². The Bertz CT molecular complexity index is 897. The fourth-order valence-corrected chi connectivity index (χ4v) is 4.63. The Balaban J connectivity index is 1.83. The summed E-state index contributed by atoms with van der Waals surface area (Å²) >= 11 is 0. The lowest BCUT2D eigenvalue weighted by molar-refractivity contribution is -0.0406. The van der Waals surface area contributed by atoms with E-state index in [1.807, 2.05) is 36.4 Å². The first kappa shape index (κ1) is 19.6. The van der Waals surface area contributed by atoms with Gasteiger partial charge in [-0.3, -0.25) is 5.32 Å². The molecule has 0 bridgehead atoms. The predicted molar refractivity (Wildman–Crippen MR) is 110 cm³/mol. The smallest absolute Gasteiger partial charge is 0.411 e. The molecule has 3 atom stereocenters. The monoisotopic (exact) mass is 397 g/mol. The molecular formula is C23H27NO5. The van der Waals surface area contributed by atoms with Crippen LogP contribution in [-0.4, -0.2) is 33.5 Å². The highest BCUT2D eigenvalue weighted by Crippen LogP contribution is 2.52. The van der Waals surface area contributed by atoms with Crippen LogP contribution in [0.15, 0.2) is 36.4 Å². The van der Waals surface area contributed by atoms with Gasteiger partial charge in [0.15, 0.2) is 0 Å². The second kappa shape index (κ2) is 8.33. The maximum atomic E-state index is 11.6.